The second kappa shape index (κ2) is 8.13. The number of likely N-dealkylation sites (tertiary alicyclic amines) is 1. The minimum absolute atomic E-state index is 0.113. The Morgan fingerprint density at radius 1 is 1.22 bits per heavy atom. The van der Waals surface area contributed by atoms with Crippen LogP contribution in [-0.4, -0.2) is 53.2 Å². The van der Waals surface area contributed by atoms with Gasteiger partial charge in [-0.3, -0.25) is 14.8 Å². The molecule has 1 aromatic heterocycles. The van der Waals surface area contributed by atoms with E-state index in [-0.39, 0.29) is 11.7 Å². The first-order chi connectivity index (χ1) is 13.2. The zero-order valence-corrected chi connectivity index (χ0v) is 15.2. The molecule has 1 aromatic carbocycles. The van der Waals surface area contributed by atoms with Crippen LogP contribution in [-0.2, 0) is 17.8 Å². The van der Waals surface area contributed by atoms with Gasteiger partial charge in [0.2, 0.25) is 0 Å². The van der Waals surface area contributed by atoms with Gasteiger partial charge in [0.1, 0.15) is 11.9 Å². The zero-order chi connectivity index (χ0) is 18.6. The molecule has 2 aromatic rings. The summed E-state index contributed by atoms with van der Waals surface area (Å²) < 4.78 is 19.6. The van der Waals surface area contributed by atoms with Gasteiger partial charge in [0.05, 0.1) is 18.3 Å². The smallest absolute Gasteiger partial charge is 0.140 e. The van der Waals surface area contributed by atoms with Crippen molar-refractivity contribution in [2.45, 2.75) is 31.7 Å². The SMILES string of the molecule is N#Cc1cc(CN2CC[C@H]3OCCN(Cc4cccnc4)[C@@H]3C2)ccc1F. The van der Waals surface area contributed by atoms with Crippen molar-refractivity contribution in [2.75, 3.05) is 26.2 Å². The molecule has 2 aliphatic heterocycles. The van der Waals surface area contributed by atoms with Crippen LogP contribution in [0.1, 0.15) is 23.1 Å². The lowest BCUT2D eigenvalue weighted by Gasteiger charge is -2.47. The Balaban J connectivity index is 1.44. The fourth-order valence-electron chi connectivity index (χ4n) is 4.09. The largest absolute Gasteiger partial charge is 0.375 e. The number of ether oxygens (including phenoxy) is 1. The van der Waals surface area contributed by atoms with Crippen LogP contribution >= 0.6 is 0 Å². The van der Waals surface area contributed by atoms with Crippen LogP contribution in [0.4, 0.5) is 4.39 Å². The van der Waals surface area contributed by atoms with Crippen molar-refractivity contribution in [2.24, 2.45) is 0 Å². The van der Waals surface area contributed by atoms with Gasteiger partial charge in [-0.05, 0) is 35.7 Å². The molecule has 0 spiro atoms. The first kappa shape index (κ1) is 18.1. The van der Waals surface area contributed by atoms with Gasteiger partial charge in [-0.1, -0.05) is 12.1 Å². The number of aromatic nitrogens is 1. The second-order valence-corrected chi connectivity index (χ2v) is 7.26. The number of nitrogens with zero attached hydrogens (tertiary/aromatic N) is 4. The van der Waals surface area contributed by atoms with Crippen LogP contribution in [0.25, 0.3) is 0 Å². The van der Waals surface area contributed by atoms with E-state index >= 15 is 0 Å². The van der Waals surface area contributed by atoms with Crippen molar-refractivity contribution in [3.8, 4) is 6.07 Å². The van der Waals surface area contributed by atoms with Gasteiger partial charge in [0.15, 0.2) is 0 Å². The molecule has 0 aliphatic carbocycles. The van der Waals surface area contributed by atoms with Crippen molar-refractivity contribution in [3.63, 3.8) is 0 Å². The molecule has 2 saturated heterocycles. The highest BCUT2D eigenvalue weighted by Crippen LogP contribution is 2.26. The Morgan fingerprint density at radius 2 is 2.15 bits per heavy atom. The molecule has 2 aliphatic rings. The van der Waals surface area contributed by atoms with Crippen molar-refractivity contribution in [1.29, 1.82) is 5.26 Å². The molecule has 0 N–H and O–H groups in total. The average Bonchev–Trinajstić information content (AvgIpc) is 2.71. The first-order valence-corrected chi connectivity index (χ1v) is 9.38. The highest BCUT2D eigenvalue weighted by atomic mass is 19.1. The van der Waals surface area contributed by atoms with Gasteiger partial charge in [0.25, 0.3) is 0 Å². The van der Waals surface area contributed by atoms with E-state index in [9.17, 15) is 4.39 Å². The zero-order valence-electron chi connectivity index (χ0n) is 15.2. The molecular formula is C21H23FN4O. The summed E-state index contributed by atoms with van der Waals surface area (Å²) in [5.74, 6) is -0.455. The Hall–Kier alpha value is -2.33. The van der Waals surface area contributed by atoms with Gasteiger partial charge in [-0.2, -0.15) is 5.26 Å². The fraction of sp³-hybridized carbons (Fsp3) is 0.429. The van der Waals surface area contributed by atoms with E-state index in [1.54, 1.807) is 18.3 Å². The van der Waals surface area contributed by atoms with E-state index in [0.717, 1.165) is 51.3 Å². The molecule has 5 nitrogen and oxygen atoms in total. The molecule has 0 unspecified atom stereocenters. The van der Waals surface area contributed by atoms with E-state index in [2.05, 4.69) is 20.9 Å². The quantitative estimate of drug-likeness (QED) is 0.832. The van der Waals surface area contributed by atoms with Gasteiger partial charge in [-0.25, -0.2) is 4.39 Å². The van der Waals surface area contributed by atoms with Gasteiger partial charge in [-0.15, -0.1) is 0 Å². The number of fused-ring (bicyclic) bond motifs is 1. The molecule has 4 rings (SSSR count). The number of hydrogen-bond donors (Lipinski definition) is 0. The molecule has 2 atom stereocenters. The van der Waals surface area contributed by atoms with Crippen molar-refractivity contribution in [3.05, 3.63) is 65.2 Å². The Kier molecular flexibility index (Phi) is 5.44. The summed E-state index contributed by atoms with van der Waals surface area (Å²) in [7, 11) is 0. The summed E-state index contributed by atoms with van der Waals surface area (Å²) in [6.45, 7) is 5.13. The molecule has 6 heteroatoms. The number of halogens is 1. The van der Waals surface area contributed by atoms with Crippen LogP contribution in [0.2, 0.25) is 0 Å². The van der Waals surface area contributed by atoms with E-state index in [1.807, 2.05) is 18.3 Å². The standard InChI is InChI=1S/C21H23FN4O/c22-19-4-3-16(10-18(19)11-23)13-25-7-5-21-20(15-25)26(8-9-27-21)14-17-2-1-6-24-12-17/h1-4,6,10,12,20-21H,5,7-9,13-15H2/t20-,21-/m1/s1. The normalized spacial score (nSPS) is 23.6. The van der Waals surface area contributed by atoms with E-state index in [4.69, 9.17) is 10.00 Å². The van der Waals surface area contributed by atoms with E-state index in [0.29, 0.717) is 6.04 Å². The number of hydrogen-bond acceptors (Lipinski definition) is 5. The third-order valence-corrected chi connectivity index (χ3v) is 5.45. The van der Waals surface area contributed by atoms with Crippen molar-refractivity contribution in [1.82, 2.24) is 14.8 Å². The molecule has 0 amide bonds. The summed E-state index contributed by atoms with van der Waals surface area (Å²) in [6, 6.07) is 11.2. The first-order valence-electron chi connectivity index (χ1n) is 9.38. The summed E-state index contributed by atoms with van der Waals surface area (Å²) in [6.07, 6.45) is 4.97. The summed E-state index contributed by atoms with van der Waals surface area (Å²) in [5, 5.41) is 9.05. The number of benzene rings is 1. The molecule has 0 saturated carbocycles. The average molecular weight is 366 g/mol. The van der Waals surface area contributed by atoms with Crippen LogP contribution in [0.3, 0.4) is 0 Å². The molecule has 3 heterocycles. The number of piperidine rings is 1. The predicted molar refractivity (Wildman–Crippen MR) is 99.2 cm³/mol. The lowest BCUT2D eigenvalue weighted by Crippen LogP contribution is -2.59. The molecule has 0 bridgehead atoms. The van der Waals surface area contributed by atoms with Gasteiger partial charge < -0.3 is 4.74 Å². The highest BCUT2D eigenvalue weighted by Gasteiger charge is 2.36. The minimum Gasteiger partial charge on any atom is -0.375 e. The topological polar surface area (TPSA) is 52.4 Å². The van der Waals surface area contributed by atoms with Gasteiger partial charge >= 0.3 is 0 Å². The van der Waals surface area contributed by atoms with Gasteiger partial charge in [0, 0.05) is 51.2 Å². The Labute approximate surface area is 159 Å². The molecule has 27 heavy (non-hydrogen) atoms. The lowest BCUT2D eigenvalue weighted by atomic mass is 9.97. The monoisotopic (exact) mass is 366 g/mol. The maximum atomic E-state index is 13.6. The number of morpholine rings is 1. The molecule has 2 fully saturated rings. The third-order valence-electron chi connectivity index (χ3n) is 5.45. The van der Waals surface area contributed by atoms with Crippen molar-refractivity contribution >= 4 is 0 Å². The maximum Gasteiger partial charge on any atom is 0.140 e. The highest BCUT2D eigenvalue weighted by molar-refractivity contribution is 5.34. The summed E-state index contributed by atoms with van der Waals surface area (Å²) in [4.78, 5) is 9.09. The van der Waals surface area contributed by atoms with E-state index in [1.165, 1.54) is 11.6 Å². The Morgan fingerprint density at radius 3 is 2.96 bits per heavy atom. The lowest BCUT2D eigenvalue weighted by molar-refractivity contribution is -0.107. The van der Waals surface area contributed by atoms with E-state index < -0.39 is 5.82 Å². The van der Waals surface area contributed by atoms with Crippen LogP contribution in [0.15, 0.2) is 42.7 Å². The molecular weight excluding hydrogens is 343 g/mol. The predicted octanol–water partition coefficient (Wildman–Crippen LogP) is 2.57. The Bertz CT molecular complexity index is 823. The number of nitriles is 1. The van der Waals surface area contributed by atoms with Crippen LogP contribution in [0, 0.1) is 17.1 Å². The minimum atomic E-state index is -0.455. The van der Waals surface area contributed by atoms with Crippen LogP contribution < -0.4 is 0 Å². The fourth-order valence-corrected chi connectivity index (χ4v) is 4.09. The number of rotatable bonds is 4. The maximum absolute atomic E-state index is 13.6. The van der Waals surface area contributed by atoms with Crippen LogP contribution in [0.5, 0.6) is 0 Å². The molecule has 0 radical (unpaired) electrons. The summed E-state index contributed by atoms with van der Waals surface area (Å²) in [5.41, 5.74) is 2.30. The van der Waals surface area contributed by atoms with Crippen molar-refractivity contribution < 1.29 is 9.13 Å². The summed E-state index contributed by atoms with van der Waals surface area (Å²) >= 11 is 0. The third kappa shape index (κ3) is 4.16. The second-order valence-electron chi connectivity index (χ2n) is 7.26. The number of pyridine rings is 1. The molecule has 140 valence electrons.